The third kappa shape index (κ3) is 2.84. The van der Waals surface area contributed by atoms with E-state index in [0.717, 1.165) is 24.2 Å². The van der Waals surface area contributed by atoms with Crippen LogP contribution in [0.1, 0.15) is 57.1 Å². The summed E-state index contributed by atoms with van der Waals surface area (Å²) < 4.78 is 5.78. The van der Waals surface area contributed by atoms with E-state index < -0.39 is 0 Å². The van der Waals surface area contributed by atoms with Crippen molar-refractivity contribution < 1.29 is 9.53 Å². The Balaban J connectivity index is 1.93. The third-order valence-electron chi connectivity index (χ3n) is 4.91. The quantitative estimate of drug-likeness (QED) is 0.930. The van der Waals surface area contributed by atoms with E-state index >= 15 is 0 Å². The van der Waals surface area contributed by atoms with Crippen molar-refractivity contribution in [3.05, 3.63) is 29.8 Å². The minimum Gasteiger partial charge on any atom is -0.494 e. The zero-order valence-corrected chi connectivity index (χ0v) is 13.3. The Kier molecular flexibility index (Phi) is 4.67. The van der Waals surface area contributed by atoms with Gasteiger partial charge < -0.3 is 15.4 Å². The highest BCUT2D eigenvalue weighted by Gasteiger charge is 2.43. The van der Waals surface area contributed by atoms with Gasteiger partial charge in [0, 0.05) is 24.1 Å². The minimum atomic E-state index is -0.143. The predicted molar refractivity (Wildman–Crippen MR) is 86.7 cm³/mol. The van der Waals surface area contributed by atoms with Crippen LogP contribution in [0.15, 0.2) is 24.3 Å². The molecule has 120 valence electrons. The van der Waals surface area contributed by atoms with Crippen molar-refractivity contribution in [3.8, 4) is 5.75 Å². The number of carbonyl (C=O) groups is 1. The van der Waals surface area contributed by atoms with Crippen molar-refractivity contribution in [1.29, 1.82) is 0 Å². The molecule has 2 atom stereocenters. The third-order valence-corrected chi connectivity index (χ3v) is 4.91. The molecule has 4 heteroatoms. The summed E-state index contributed by atoms with van der Waals surface area (Å²) >= 11 is 0. The van der Waals surface area contributed by atoms with Gasteiger partial charge in [-0.1, -0.05) is 37.5 Å². The lowest BCUT2D eigenvalue weighted by Gasteiger charge is -2.37. The molecular weight excluding hydrogens is 276 g/mol. The van der Waals surface area contributed by atoms with Crippen LogP contribution in [0.4, 0.5) is 0 Å². The van der Waals surface area contributed by atoms with Crippen LogP contribution in [-0.2, 0) is 4.79 Å². The lowest BCUT2D eigenvalue weighted by molar-refractivity contribution is -0.132. The smallest absolute Gasteiger partial charge is 0.225 e. The van der Waals surface area contributed by atoms with Gasteiger partial charge in [0.2, 0.25) is 5.91 Å². The second kappa shape index (κ2) is 6.69. The van der Waals surface area contributed by atoms with Gasteiger partial charge >= 0.3 is 0 Å². The topological polar surface area (TPSA) is 55.6 Å². The number of benzene rings is 1. The molecular formula is C18H26N2O2. The van der Waals surface area contributed by atoms with Gasteiger partial charge in [-0.05, 0) is 25.8 Å². The molecule has 2 aliphatic rings. The minimum absolute atomic E-state index is 0.0432. The molecule has 2 N–H and O–H groups in total. The van der Waals surface area contributed by atoms with Crippen LogP contribution < -0.4 is 10.5 Å². The Hall–Kier alpha value is -1.55. The molecule has 0 radical (unpaired) electrons. The number of hydrogen-bond donors (Lipinski definition) is 1. The van der Waals surface area contributed by atoms with Crippen LogP contribution in [0.2, 0.25) is 0 Å². The number of ether oxygens (including phenoxy) is 1. The maximum atomic E-state index is 12.5. The molecule has 0 aromatic heterocycles. The summed E-state index contributed by atoms with van der Waals surface area (Å²) in [5, 5.41) is 0. The van der Waals surface area contributed by atoms with Crippen LogP contribution >= 0.6 is 0 Å². The molecule has 2 unspecified atom stereocenters. The average Bonchev–Trinajstić information content (AvgIpc) is 2.83. The summed E-state index contributed by atoms with van der Waals surface area (Å²) in [5.41, 5.74) is 7.41. The van der Waals surface area contributed by atoms with Crippen molar-refractivity contribution in [3.63, 3.8) is 0 Å². The number of likely N-dealkylation sites (tertiary alicyclic amines) is 1. The van der Waals surface area contributed by atoms with E-state index in [2.05, 4.69) is 11.0 Å². The second-order valence-electron chi connectivity index (χ2n) is 6.38. The van der Waals surface area contributed by atoms with E-state index in [4.69, 9.17) is 10.5 Å². The van der Waals surface area contributed by atoms with Crippen LogP contribution in [0, 0.1) is 0 Å². The number of para-hydroxylation sites is 1. The van der Waals surface area contributed by atoms with Gasteiger partial charge in [-0.2, -0.15) is 0 Å². The maximum absolute atomic E-state index is 12.5. The van der Waals surface area contributed by atoms with Gasteiger partial charge in [0.15, 0.2) is 0 Å². The van der Waals surface area contributed by atoms with E-state index in [1.807, 2.05) is 25.1 Å². The number of rotatable bonds is 4. The number of amides is 1. The molecule has 1 heterocycles. The number of hydrogen-bond acceptors (Lipinski definition) is 3. The normalized spacial score (nSPS) is 26.5. The highest BCUT2D eigenvalue weighted by molar-refractivity contribution is 5.81. The van der Waals surface area contributed by atoms with E-state index in [1.165, 1.54) is 19.3 Å². The van der Waals surface area contributed by atoms with Crippen LogP contribution in [0.5, 0.6) is 5.75 Å². The molecule has 4 nitrogen and oxygen atoms in total. The number of nitrogens with two attached hydrogens (primary N) is 1. The van der Waals surface area contributed by atoms with Crippen molar-refractivity contribution >= 4 is 5.91 Å². The molecule has 0 bridgehead atoms. The summed E-state index contributed by atoms with van der Waals surface area (Å²) in [5.74, 6) is 1.07. The first kappa shape index (κ1) is 15.3. The van der Waals surface area contributed by atoms with E-state index in [-0.39, 0.29) is 18.0 Å². The van der Waals surface area contributed by atoms with E-state index in [1.54, 1.807) is 0 Å². The van der Waals surface area contributed by atoms with Gasteiger partial charge in [0.1, 0.15) is 5.75 Å². The zero-order chi connectivity index (χ0) is 15.5. The fourth-order valence-corrected chi connectivity index (χ4v) is 3.96. The fourth-order valence-electron chi connectivity index (χ4n) is 3.96. The van der Waals surface area contributed by atoms with Gasteiger partial charge in [0.05, 0.1) is 12.6 Å². The van der Waals surface area contributed by atoms with Gasteiger partial charge in [-0.3, -0.25) is 4.79 Å². The molecule has 1 aromatic carbocycles. The number of nitrogens with zero attached hydrogens (tertiary/aromatic N) is 1. The summed E-state index contributed by atoms with van der Waals surface area (Å²) in [7, 11) is 0. The Morgan fingerprint density at radius 3 is 2.68 bits per heavy atom. The molecule has 22 heavy (non-hydrogen) atoms. The van der Waals surface area contributed by atoms with Gasteiger partial charge in [0.25, 0.3) is 0 Å². The summed E-state index contributed by atoms with van der Waals surface area (Å²) in [6.45, 7) is 2.60. The summed E-state index contributed by atoms with van der Waals surface area (Å²) in [6, 6.07) is 8.18. The van der Waals surface area contributed by atoms with Crippen LogP contribution in [0.25, 0.3) is 0 Å². The van der Waals surface area contributed by atoms with Crippen molar-refractivity contribution in [2.75, 3.05) is 6.61 Å². The molecule has 1 amide bonds. The SMILES string of the molecule is CCOc1ccccc1C1C(N)CC(=O)N1C1CCCCC1. The van der Waals surface area contributed by atoms with Gasteiger partial charge in [-0.25, -0.2) is 0 Å². The first-order valence-electron chi connectivity index (χ1n) is 8.51. The Labute approximate surface area is 132 Å². The molecule has 0 spiro atoms. The molecule has 2 fully saturated rings. The molecule has 1 saturated heterocycles. The molecule has 3 rings (SSSR count). The summed E-state index contributed by atoms with van der Waals surface area (Å²) in [4.78, 5) is 14.6. The molecule has 1 saturated carbocycles. The first-order valence-corrected chi connectivity index (χ1v) is 8.51. The van der Waals surface area contributed by atoms with Crippen molar-refractivity contribution in [2.24, 2.45) is 5.73 Å². The highest BCUT2D eigenvalue weighted by Crippen LogP contribution is 2.41. The summed E-state index contributed by atoms with van der Waals surface area (Å²) in [6.07, 6.45) is 6.36. The largest absolute Gasteiger partial charge is 0.494 e. The molecule has 1 aliphatic heterocycles. The Morgan fingerprint density at radius 2 is 1.95 bits per heavy atom. The first-order chi connectivity index (χ1) is 10.7. The van der Waals surface area contributed by atoms with Crippen LogP contribution in [0.3, 0.4) is 0 Å². The van der Waals surface area contributed by atoms with Crippen LogP contribution in [-0.4, -0.2) is 29.5 Å². The average molecular weight is 302 g/mol. The second-order valence-corrected chi connectivity index (χ2v) is 6.38. The lowest BCUT2D eigenvalue weighted by Crippen LogP contribution is -2.41. The lowest BCUT2D eigenvalue weighted by atomic mass is 9.92. The van der Waals surface area contributed by atoms with Crippen molar-refractivity contribution in [2.45, 2.75) is 63.6 Å². The predicted octanol–water partition coefficient (Wildman–Crippen LogP) is 3.02. The monoisotopic (exact) mass is 302 g/mol. The standard InChI is InChI=1S/C18H26N2O2/c1-2-22-16-11-7-6-10-14(16)18-15(19)12-17(21)20(18)13-8-4-3-5-9-13/h6-7,10-11,13,15,18H,2-5,8-9,12,19H2,1H3. The maximum Gasteiger partial charge on any atom is 0.225 e. The van der Waals surface area contributed by atoms with E-state index in [9.17, 15) is 4.79 Å². The zero-order valence-electron chi connectivity index (χ0n) is 13.3. The fraction of sp³-hybridized carbons (Fsp3) is 0.611. The van der Waals surface area contributed by atoms with Gasteiger partial charge in [-0.15, -0.1) is 0 Å². The number of carbonyl (C=O) groups excluding carboxylic acids is 1. The Morgan fingerprint density at radius 1 is 1.23 bits per heavy atom. The van der Waals surface area contributed by atoms with Crippen molar-refractivity contribution in [1.82, 2.24) is 4.90 Å². The Bertz CT molecular complexity index is 526. The molecule has 1 aromatic rings. The highest BCUT2D eigenvalue weighted by atomic mass is 16.5. The van der Waals surface area contributed by atoms with E-state index in [0.29, 0.717) is 19.1 Å². The molecule has 1 aliphatic carbocycles.